The standard InChI is InChI=1S/C27H21BrN2O4S/c1-2-33-24-13-18(10-11-23(24)34-17-21-8-4-3-7-20(21)15-29)14-25-26(31)30(27(32)35-25)16-19-6-5-9-22(28)12-19/h3-14H,2,16-17H2,1H3/b25-14+. The van der Waals surface area contributed by atoms with Gasteiger partial charge in [-0.15, -0.1) is 0 Å². The zero-order chi connectivity index (χ0) is 24.8. The van der Waals surface area contributed by atoms with Crippen molar-refractivity contribution >= 4 is 44.9 Å². The van der Waals surface area contributed by atoms with E-state index in [0.29, 0.717) is 34.1 Å². The summed E-state index contributed by atoms with van der Waals surface area (Å²) in [5, 5.41) is 8.98. The maximum absolute atomic E-state index is 12.9. The summed E-state index contributed by atoms with van der Waals surface area (Å²) in [6.07, 6.45) is 1.68. The molecule has 0 bridgehead atoms. The fourth-order valence-corrected chi connectivity index (χ4v) is 4.80. The molecule has 6 nitrogen and oxygen atoms in total. The van der Waals surface area contributed by atoms with Gasteiger partial charge < -0.3 is 9.47 Å². The Kier molecular flexibility index (Phi) is 7.91. The number of ether oxygens (including phenoxy) is 2. The molecule has 8 heteroatoms. The van der Waals surface area contributed by atoms with Crippen LogP contribution in [-0.4, -0.2) is 22.7 Å². The summed E-state index contributed by atoms with van der Waals surface area (Å²) in [5.74, 6) is 0.718. The highest BCUT2D eigenvalue weighted by Crippen LogP contribution is 2.36. The first-order valence-corrected chi connectivity index (χ1v) is 12.5. The number of rotatable bonds is 8. The summed E-state index contributed by atoms with van der Waals surface area (Å²) < 4.78 is 12.6. The highest BCUT2D eigenvalue weighted by atomic mass is 79.9. The van der Waals surface area contributed by atoms with Crippen LogP contribution >= 0.6 is 27.7 Å². The topological polar surface area (TPSA) is 79.6 Å². The molecule has 1 saturated heterocycles. The quantitative estimate of drug-likeness (QED) is 0.297. The number of thioether (sulfide) groups is 1. The van der Waals surface area contributed by atoms with Crippen LogP contribution in [0, 0.1) is 11.3 Å². The Morgan fingerprint density at radius 1 is 1.03 bits per heavy atom. The number of nitrogens with zero attached hydrogens (tertiary/aromatic N) is 2. The maximum atomic E-state index is 12.9. The van der Waals surface area contributed by atoms with Crippen molar-refractivity contribution in [2.75, 3.05) is 6.61 Å². The van der Waals surface area contributed by atoms with Crippen molar-refractivity contribution in [3.05, 3.63) is 98.4 Å². The highest BCUT2D eigenvalue weighted by molar-refractivity contribution is 9.10. The Balaban J connectivity index is 1.52. The average Bonchev–Trinajstić information content (AvgIpc) is 3.11. The van der Waals surface area contributed by atoms with Crippen molar-refractivity contribution in [2.24, 2.45) is 0 Å². The second-order valence-electron chi connectivity index (χ2n) is 7.59. The van der Waals surface area contributed by atoms with Crippen LogP contribution in [0.25, 0.3) is 6.08 Å². The number of hydrogen-bond acceptors (Lipinski definition) is 6. The van der Waals surface area contributed by atoms with Crippen LogP contribution in [0.5, 0.6) is 11.5 Å². The molecule has 0 radical (unpaired) electrons. The van der Waals surface area contributed by atoms with E-state index < -0.39 is 0 Å². The minimum Gasteiger partial charge on any atom is -0.490 e. The normalized spacial score (nSPS) is 14.3. The monoisotopic (exact) mass is 548 g/mol. The van der Waals surface area contributed by atoms with E-state index in [2.05, 4.69) is 22.0 Å². The molecule has 0 spiro atoms. The second kappa shape index (κ2) is 11.3. The molecule has 0 aliphatic carbocycles. The third kappa shape index (κ3) is 5.94. The van der Waals surface area contributed by atoms with E-state index in [0.717, 1.165) is 27.4 Å². The van der Waals surface area contributed by atoms with Gasteiger partial charge in [0, 0.05) is 10.0 Å². The molecule has 1 heterocycles. The number of halogens is 1. The van der Waals surface area contributed by atoms with Crippen LogP contribution in [-0.2, 0) is 17.9 Å². The average molecular weight is 549 g/mol. The third-order valence-corrected chi connectivity index (χ3v) is 6.59. The Morgan fingerprint density at radius 2 is 1.86 bits per heavy atom. The summed E-state index contributed by atoms with van der Waals surface area (Å²) in [5.41, 5.74) is 2.91. The summed E-state index contributed by atoms with van der Waals surface area (Å²) in [4.78, 5) is 27.0. The van der Waals surface area contributed by atoms with Gasteiger partial charge in [-0.3, -0.25) is 14.5 Å². The molecular formula is C27H21BrN2O4S. The van der Waals surface area contributed by atoms with E-state index in [4.69, 9.17) is 9.47 Å². The zero-order valence-electron chi connectivity index (χ0n) is 18.9. The van der Waals surface area contributed by atoms with Crippen molar-refractivity contribution < 1.29 is 19.1 Å². The van der Waals surface area contributed by atoms with Gasteiger partial charge in [0.1, 0.15) is 6.61 Å². The van der Waals surface area contributed by atoms with E-state index >= 15 is 0 Å². The molecule has 0 saturated carbocycles. The first-order chi connectivity index (χ1) is 17.0. The SMILES string of the molecule is CCOc1cc(/C=C2/SC(=O)N(Cc3cccc(Br)c3)C2=O)ccc1OCc1ccccc1C#N. The second-order valence-corrected chi connectivity index (χ2v) is 9.50. The van der Waals surface area contributed by atoms with E-state index in [9.17, 15) is 14.9 Å². The smallest absolute Gasteiger partial charge is 0.293 e. The van der Waals surface area contributed by atoms with Crippen LogP contribution in [0.15, 0.2) is 76.1 Å². The van der Waals surface area contributed by atoms with Crippen molar-refractivity contribution in [3.63, 3.8) is 0 Å². The summed E-state index contributed by atoms with van der Waals surface area (Å²) in [7, 11) is 0. The zero-order valence-corrected chi connectivity index (χ0v) is 21.3. The van der Waals surface area contributed by atoms with E-state index in [1.54, 1.807) is 30.3 Å². The number of amides is 2. The Hall–Kier alpha value is -3.54. The van der Waals surface area contributed by atoms with E-state index in [1.807, 2.05) is 49.4 Å². The van der Waals surface area contributed by atoms with Gasteiger partial charge in [0.05, 0.1) is 29.7 Å². The van der Waals surface area contributed by atoms with Crippen LogP contribution < -0.4 is 9.47 Å². The van der Waals surface area contributed by atoms with Crippen molar-refractivity contribution in [1.82, 2.24) is 4.90 Å². The number of hydrogen-bond donors (Lipinski definition) is 0. The van der Waals surface area contributed by atoms with Gasteiger partial charge in [0.2, 0.25) is 0 Å². The molecular weight excluding hydrogens is 528 g/mol. The fourth-order valence-electron chi connectivity index (χ4n) is 3.52. The fraction of sp³-hybridized carbons (Fsp3) is 0.148. The maximum Gasteiger partial charge on any atom is 0.293 e. The molecule has 0 atom stereocenters. The molecule has 3 aromatic carbocycles. The lowest BCUT2D eigenvalue weighted by atomic mass is 10.1. The molecule has 0 unspecified atom stereocenters. The molecule has 1 aliphatic heterocycles. The Labute approximate surface area is 216 Å². The number of benzene rings is 3. The van der Waals surface area contributed by atoms with Crippen LogP contribution in [0.2, 0.25) is 0 Å². The minimum atomic E-state index is -0.327. The molecule has 35 heavy (non-hydrogen) atoms. The van der Waals surface area contributed by atoms with Crippen LogP contribution in [0.4, 0.5) is 4.79 Å². The molecule has 0 N–H and O–H groups in total. The number of imide groups is 1. The van der Waals surface area contributed by atoms with E-state index in [1.165, 1.54) is 4.90 Å². The molecule has 176 valence electrons. The summed E-state index contributed by atoms with van der Waals surface area (Å²) >= 11 is 4.33. The predicted molar refractivity (Wildman–Crippen MR) is 139 cm³/mol. The summed E-state index contributed by atoms with van der Waals surface area (Å²) in [6, 6.07) is 22.3. The molecule has 1 aliphatic rings. The summed E-state index contributed by atoms with van der Waals surface area (Å²) in [6.45, 7) is 2.73. The van der Waals surface area contributed by atoms with Gasteiger partial charge in [-0.25, -0.2) is 0 Å². The van der Waals surface area contributed by atoms with Gasteiger partial charge in [-0.1, -0.05) is 52.3 Å². The molecule has 4 rings (SSSR count). The lowest BCUT2D eigenvalue weighted by molar-refractivity contribution is -0.123. The Morgan fingerprint density at radius 3 is 2.63 bits per heavy atom. The lowest BCUT2D eigenvalue weighted by Crippen LogP contribution is -2.27. The molecule has 1 fully saturated rings. The van der Waals surface area contributed by atoms with Crippen LogP contribution in [0.3, 0.4) is 0 Å². The van der Waals surface area contributed by atoms with Gasteiger partial charge in [-0.2, -0.15) is 5.26 Å². The van der Waals surface area contributed by atoms with Gasteiger partial charge in [0.15, 0.2) is 11.5 Å². The van der Waals surface area contributed by atoms with Crippen molar-refractivity contribution in [1.29, 1.82) is 5.26 Å². The van der Waals surface area contributed by atoms with Crippen LogP contribution in [0.1, 0.15) is 29.2 Å². The number of carbonyl (C=O) groups excluding carboxylic acids is 2. The largest absolute Gasteiger partial charge is 0.490 e. The first kappa shape index (κ1) is 24.6. The van der Waals surface area contributed by atoms with Gasteiger partial charge in [-0.05, 0) is 66.2 Å². The third-order valence-electron chi connectivity index (χ3n) is 5.19. The number of carbonyl (C=O) groups is 2. The van der Waals surface area contributed by atoms with Crippen molar-refractivity contribution in [2.45, 2.75) is 20.1 Å². The van der Waals surface area contributed by atoms with E-state index in [-0.39, 0.29) is 24.3 Å². The Bertz CT molecular complexity index is 1350. The number of nitriles is 1. The van der Waals surface area contributed by atoms with Gasteiger partial charge >= 0.3 is 0 Å². The minimum absolute atomic E-state index is 0.211. The predicted octanol–water partition coefficient (Wildman–Crippen LogP) is 6.53. The molecule has 0 aromatic heterocycles. The van der Waals surface area contributed by atoms with Gasteiger partial charge in [0.25, 0.3) is 11.1 Å². The highest BCUT2D eigenvalue weighted by Gasteiger charge is 2.35. The molecule has 3 aromatic rings. The first-order valence-electron chi connectivity index (χ1n) is 10.9. The lowest BCUT2D eigenvalue weighted by Gasteiger charge is -2.13. The van der Waals surface area contributed by atoms with Crippen molar-refractivity contribution in [3.8, 4) is 17.6 Å². The molecule has 2 amide bonds.